The molecule has 1 aromatic heterocycles. The van der Waals surface area contributed by atoms with Crippen LogP contribution in [-0.2, 0) is 12.3 Å². The van der Waals surface area contributed by atoms with E-state index in [2.05, 4.69) is 18.4 Å². The van der Waals surface area contributed by atoms with E-state index < -0.39 is 0 Å². The van der Waals surface area contributed by atoms with Crippen molar-refractivity contribution in [2.24, 2.45) is 0 Å². The van der Waals surface area contributed by atoms with Gasteiger partial charge in [-0.15, -0.1) is 22.9 Å². The first-order valence-corrected chi connectivity index (χ1v) is 6.91. The highest BCUT2D eigenvalue weighted by atomic mass is 35.5. The molecule has 0 aliphatic heterocycles. The smallest absolute Gasteiger partial charge is 0.0570 e. The van der Waals surface area contributed by atoms with Crippen LogP contribution in [0.2, 0.25) is 0 Å². The van der Waals surface area contributed by atoms with Gasteiger partial charge in [0.1, 0.15) is 0 Å². The molecule has 0 fully saturated rings. The molecule has 0 aliphatic rings. The molecule has 0 spiro atoms. The summed E-state index contributed by atoms with van der Waals surface area (Å²) in [6, 6.07) is 2.22. The van der Waals surface area contributed by atoms with Gasteiger partial charge >= 0.3 is 0 Å². The quantitative estimate of drug-likeness (QED) is 0.457. The number of rotatable bonds is 7. The van der Waals surface area contributed by atoms with Crippen molar-refractivity contribution in [2.45, 2.75) is 51.3 Å². The second kappa shape index (κ2) is 7.30. The van der Waals surface area contributed by atoms with Gasteiger partial charge in [-0.25, -0.2) is 0 Å². The lowest BCUT2D eigenvalue weighted by Crippen LogP contribution is -1.87. The predicted molar refractivity (Wildman–Crippen MR) is 66.3 cm³/mol. The summed E-state index contributed by atoms with van der Waals surface area (Å²) in [4.78, 5) is 1.36. The summed E-state index contributed by atoms with van der Waals surface area (Å²) in [5.41, 5.74) is 1.47. The van der Waals surface area contributed by atoms with Crippen molar-refractivity contribution in [3.05, 3.63) is 21.9 Å². The first-order chi connectivity index (χ1) is 6.88. The minimum absolute atomic E-state index is 0.683. The lowest BCUT2D eigenvalue weighted by Gasteiger charge is -2.01. The van der Waals surface area contributed by atoms with Gasteiger partial charge in [-0.3, -0.25) is 0 Å². The lowest BCUT2D eigenvalue weighted by molar-refractivity contribution is 0.632. The maximum Gasteiger partial charge on any atom is 0.0570 e. The van der Waals surface area contributed by atoms with Crippen LogP contribution >= 0.6 is 22.9 Å². The third-order valence-corrected chi connectivity index (χ3v) is 3.90. The fourth-order valence-corrected chi connectivity index (χ4v) is 2.77. The van der Waals surface area contributed by atoms with Crippen LogP contribution in [0.5, 0.6) is 0 Å². The molecular weight excluding hydrogens is 212 g/mol. The fraction of sp³-hybridized carbons (Fsp3) is 0.667. The molecule has 0 saturated carbocycles. The average molecular weight is 231 g/mol. The molecule has 1 rings (SSSR count). The third kappa shape index (κ3) is 4.02. The highest BCUT2D eigenvalue weighted by Crippen LogP contribution is 2.21. The Kier molecular flexibility index (Phi) is 6.29. The molecule has 2 heteroatoms. The Bertz CT molecular complexity index is 242. The summed E-state index contributed by atoms with van der Waals surface area (Å²) in [6.07, 6.45) is 8.00. The number of hydrogen-bond donors (Lipinski definition) is 0. The second-order valence-electron chi connectivity index (χ2n) is 3.67. The summed E-state index contributed by atoms with van der Waals surface area (Å²) >= 11 is 7.63. The van der Waals surface area contributed by atoms with Gasteiger partial charge in [-0.2, -0.15) is 0 Å². The molecule has 0 bridgehead atoms. The van der Waals surface area contributed by atoms with E-state index in [0.29, 0.717) is 5.88 Å². The summed E-state index contributed by atoms with van der Waals surface area (Å²) in [6.45, 7) is 2.25. The third-order valence-electron chi connectivity index (χ3n) is 2.51. The van der Waals surface area contributed by atoms with Crippen LogP contribution in [-0.4, -0.2) is 0 Å². The van der Waals surface area contributed by atoms with Gasteiger partial charge in [0.15, 0.2) is 0 Å². The van der Waals surface area contributed by atoms with Crippen LogP contribution in [0.15, 0.2) is 11.4 Å². The zero-order chi connectivity index (χ0) is 10.2. The molecule has 0 N–H and O–H groups in total. The van der Waals surface area contributed by atoms with Crippen molar-refractivity contribution in [1.29, 1.82) is 0 Å². The molecule has 0 amide bonds. The van der Waals surface area contributed by atoms with E-state index in [1.807, 2.05) is 0 Å². The Morgan fingerprint density at radius 2 is 2.00 bits per heavy atom. The number of alkyl halides is 1. The Balaban J connectivity index is 2.17. The van der Waals surface area contributed by atoms with Gasteiger partial charge in [0.25, 0.3) is 0 Å². The number of halogens is 1. The number of unbranched alkanes of at least 4 members (excludes halogenated alkanes) is 4. The van der Waals surface area contributed by atoms with Crippen LogP contribution in [0.3, 0.4) is 0 Å². The normalized spacial score (nSPS) is 10.7. The van der Waals surface area contributed by atoms with Crippen LogP contribution in [0.1, 0.15) is 49.5 Å². The Morgan fingerprint density at radius 1 is 1.21 bits per heavy atom. The molecule has 0 nitrogen and oxygen atoms in total. The van der Waals surface area contributed by atoms with Gasteiger partial charge in [-0.05, 0) is 29.9 Å². The molecule has 0 aromatic carbocycles. The van der Waals surface area contributed by atoms with Gasteiger partial charge in [0, 0.05) is 4.88 Å². The summed E-state index contributed by atoms with van der Waals surface area (Å²) in [5, 5.41) is 2.15. The number of thiophene rings is 1. The van der Waals surface area contributed by atoms with Crippen molar-refractivity contribution in [1.82, 2.24) is 0 Å². The minimum Gasteiger partial charge on any atom is -0.147 e. The van der Waals surface area contributed by atoms with Gasteiger partial charge < -0.3 is 0 Å². The maximum atomic E-state index is 5.85. The van der Waals surface area contributed by atoms with Gasteiger partial charge in [0.2, 0.25) is 0 Å². The lowest BCUT2D eigenvalue weighted by atomic mass is 10.1. The first kappa shape index (κ1) is 12.1. The molecule has 0 unspecified atom stereocenters. The van der Waals surface area contributed by atoms with Gasteiger partial charge in [-0.1, -0.05) is 32.6 Å². The molecule has 80 valence electrons. The van der Waals surface area contributed by atoms with Crippen molar-refractivity contribution < 1.29 is 0 Å². The molecule has 14 heavy (non-hydrogen) atoms. The first-order valence-electron chi connectivity index (χ1n) is 5.49. The fourth-order valence-electron chi connectivity index (χ4n) is 1.63. The van der Waals surface area contributed by atoms with E-state index in [-0.39, 0.29) is 0 Å². The predicted octanol–water partition coefficient (Wildman–Crippen LogP) is 5.00. The van der Waals surface area contributed by atoms with Crippen molar-refractivity contribution in [3.63, 3.8) is 0 Å². The van der Waals surface area contributed by atoms with E-state index in [9.17, 15) is 0 Å². The molecule has 0 aliphatic carbocycles. The van der Waals surface area contributed by atoms with E-state index in [1.165, 1.54) is 49.0 Å². The number of aryl methyl sites for hydroxylation is 1. The van der Waals surface area contributed by atoms with Crippen molar-refractivity contribution in [2.75, 3.05) is 0 Å². The monoisotopic (exact) mass is 230 g/mol. The highest BCUT2D eigenvalue weighted by molar-refractivity contribution is 7.10. The molecule has 0 atom stereocenters. The van der Waals surface area contributed by atoms with E-state index in [1.54, 1.807) is 11.3 Å². The molecule has 1 aromatic rings. The molecule has 0 radical (unpaired) electrons. The molecule has 0 saturated heterocycles. The van der Waals surface area contributed by atoms with Crippen molar-refractivity contribution in [3.8, 4) is 0 Å². The van der Waals surface area contributed by atoms with Gasteiger partial charge in [0.05, 0.1) is 5.88 Å². The Morgan fingerprint density at radius 3 is 2.71 bits per heavy atom. The highest BCUT2D eigenvalue weighted by Gasteiger charge is 2.01. The Hall–Kier alpha value is -0.0100. The summed E-state index contributed by atoms with van der Waals surface area (Å²) in [7, 11) is 0. The zero-order valence-electron chi connectivity index (χ0n) is 8.89. The average Bonchev–Trinajstić information content (AvgIpc) is 2.65. The van der Waals surface area contributed by atoms with Crippen LogP contribution < -0.4 is 0 Å². The minimum atomic E-state index is 0.683. The Labute approximate surface area is 96.3 Å². The molecule has 1 heterocycles. The SMILES string of the molecule is CCCCCCCc1ccsc1CCl. The standard InChI is InChI=1S/C12H19ClS/c1-2-3-4-5-6-7-11-8-9-14-12(11)10-13/h8-9H,2-7,10H2,1H3. The van der Waals surface area contributed by atoms with Crippen molar-refractivity contribution >= 4 is 22.9 Å². The summed E-state index contributed by atoms with van der Waals surface area (Å²) in [5.74, 6) is 0.683. The van der Waals surface area contributed by atoms with Crippen LogP contribution in [0.25, 0.3) is 0 Å². The molecular formula is C12H19ClS. The van der Waals surface area contributed by atoms with E-state index in [0.717, 1.165) is 0 Å². The summed E-state index contributed by atoms with van der Waals surface area (Å²) < 4.78 is 0. The largest absolute Gasteiger partial charge is 0.147 e. The van der Waals surface area contributed by atoms with Crippen LogP contribution in [0, 0.1) is 0 Å². The maximum absolute atomic E-state index is 5.85. The topological polar surface area (TPSA) is 0 Å². The second-order valence-corrected chi connectivity index (χ2v) is 4.93. The number of hydrogen-bond acceptors (Lipinski definition) is 1. The van der Waals surface area contributed by atoms with E-state index in [4.69, 9.17) is 11.6 Å². The van der Waals surface area contributed by atoms with Crippen LogP contribution in [0.4, 0.5) is 0 Å². The zero-order valence-corrected chi connectivity index (χ0v) is 10.5. The van der Waals surface area contributed by atoms with E-state index >= 15 is 0 Å².